The molecule has 0 aliphatic carbocycles. The van der Waals surface area contributed by atoms with Crippen LogP contribution < -0.4 is 24.8 Å². The number of carboxylic acids is 1. The van der Waals surface area contributed by atoms with Crippen LogP contribution in [0.3, 0.4) is 0 Å². The van der Waals surface area contributed by atoms with Crippen molar-refractivity contribution in [2.24, 2.45) is 0 Å². The molecule has 2 aromatic carbocycles. The number of carbonyl (C=O) groups is 2. The summed E-state index contributed by atoms with van der Waals surface area (Å²) in [6.07, 6.45) is 2.49. The third-order valence-corrected chi connectivity index (χ3v) is 6.32. The second-order valence-corrected chi connectivity index (χ2v) is 11.0. The molecule has 3 N–H and O–H groups in total. The van der Waals surface area contributed by atoms with Crippen LogP contribution in [0, 0.1) is 0 Å². The largest absolute Gasteiger partial charge is 0.493 e. The molecule has 43 heavy (non-hydrogen) atoms. The van der Waals surface area contributed by atoms with Gasteiger partial charge in [-0.1, -0.05) is 32.0 Å². The maximum absolute atomic E-state index is 12.5. The van der Waals surface area contributed by atoms with Crippen LogP contribution in [-0.4, -0.2) is 70.5 Å². The summed E-state index contributed by atoms with van der Waals surface area (Å²) in [6, 6.07) is 11.9. The highest BCUT2D eigenvalue weighted by Crippen LogP contribution is 2.37. The number of carbonyl (C=O) groups excluding carboxylic acids is 1. The molecule has 0 radical (unpaired) electrons. The van der Waals surface area contributed by atoms with E-state index in [0.29, 0.717) is 51.3 Å². The third kappa shape index (κ3) is 8.55. The van der Waals surface area contributed by atoms with Gasteiger partial charge < -0.3 is 34.1 Å². The molecular weight excluding hydrogens is 556 g/mol. The van der Waals surface area contributed by atoms with Gasteiger partial charge in [0, 0.05) is 49.3 Å². The van der Waals surface area contributed by atoms with Gasteiger partial charge in [-0.3, -0.25) is 10.1 Å². The molecule has 4 aromatic rings. The maximum atomic E-state index is 12.5. The van der Waals surface area contributed by atoms with Gasteiger partial charge in [0.2, 0.25) is 5.88 Å². The van der Waals surface area contributed by atoms with Crippen LogP contribution in [0.5, 0.6) is 23.1 Å². The van der Waals surface area contributed by atoms with E-state index in [1.54, 1.807) is 37.4 Å². The lowest BCUT2D eigenvalue weighted by molar-refractivity contribution is -0.134. The Kier molecular flexibility index (Phi) is 9.66. The lowest BCUT2D eigenvalue weighted by Crippen LogP contribution is -2.21. The molecule has 2 amide bonds. The lowest BCUT2D eigenvalue weighted by Gasteiger charge is -2.17. The number of rotatable bonds is 7. The second kappa shape index (κ2) is 13.4. The Hall–Kier alpha value is -4.91. The van der Waals surface area contributed by atoms with Crippen molar-refractivity contribution < 1.29 is 33.4 Å². The number of anilines is 2. The first-order chi connectivity index (χ1) is 20.4. The van der Waals surface area contributed by atoms with E-state index in [9.17, 15) is 4.79 Å². The summed E-state index contributed by atoms with van der Waals surface area (Å²) in [6.45, 7) is 8.94. The first-order valence-corrected chi connectivity index (χ1v) is 13.6. The monoisotopic (exact) mass is 592 g/mol. The first-order valence-electron chi connectivity index (χ1n) is 13.6. The molecule has 13 nitrogen and oxygen atoms in total. The van der Waals surface area contributed by atoms with E-state index in [1.165, 1.54) is 6.33 Å². The predicted octanol–water partition coefficient (Wildman–Crippen LogP) is 5.53. The zero-order chi connectivity index (χ0) is 31.1. The second-order valence-electron chi connectivity index (χ2n) is 11.0. The molecule has 1 fully saturated rings. The van der Waals surface area contributed by atoms with Crippen molar-refractivity contribution in [3.05, 3.63) is 54.6 Å². The Morgan fingerprint density at radius 2 is 1.86 bits per heavy atom. The van der Waals surface area contributed by atoms with E-state index in [-0.39, 0.29) is 11.5 Å². The fraction of sp³-hybridized carbons (Fsp3) is 0.367. The molecule has 0 spiro atoms. The Bertz CT molecular complexity index is 1580. The molecule has 3 heterocycles. The quantitative estimate of drug-likeness (QED) is 0.247. The van der Waals surface area contributed by atoms with Crippen molar-refractivity contribution in [1.29, 1.82) is 0 Å². The molecule has 5 rings (SSSR count). The average Bonchev–Trinajstić information content (AvgIpc) is 3.57. The summed E-state index contributed by atoms with van der Waals surface area (Å²) in [5.74, 6) is 2.21. The third-order valence-electron chi connectivity index (χ3n) is 6.32. The number of benzene rings is 2. The van der Waals surface area contributed by atoms with Crippen molar-refractivity contribution in [1.82, 2.24) is 20.0 Å². The van der Waals surface area contributed by atoms with Gasteiger partial charge in [-0.25, -0.2) is 14.8 Å². The van der Waals surface area contributed by atoms with E-state index < -0.39 is 12.0 Å². The Morgan fingerprint density at radius 3 is 2.51 bits per heavy atom. The molecule has 0 bridgehead atoms. The zero-order valence-corrected chi connectivity index (χ0v) is 25.0. The zero-order valence-electron chi connectivity index (χ0n) is 25.0. The number of hydrogen-bond donors (Lipinski definition) is 3. The fourth-order valence-electron chi connectivity index (χ4n) is 4.26. The lowest BCUT2D eigenvalue weighted by atomic mass is 9.93. The van der Waals surface area contributed by atoms with Crippen molar-refractivity contribution >= 4 is 34.4 Å². The molecular formula is C30H36N6O7. The van der Waals surface area contributed by atoms with Crippen molar-refractivity contribution in [2.45, 2.75) is 45.6 Å². The molecule has 1 atom stereocenters. The normalized spacial score (nSPS) is 14.9. The maximum Gasteiger partial charge on any atom is 0.324 e. The van der Waals surface area contributed by atoms with E-state index >= 15 is 0 Å². The molecule has 228 valence electrons. The number of hydrogen-bond acceptors (Lipinski definition) is 10. The summed E-state index contributed by atoms with van der Waals surface area (Å²) in [7, 11) is 3.68. The van der Waals surface area contributed by atoms with Crippen LogP contribution in [0.4, 0.5) is 16.3 Å². The summed E-state index contributed by atoms with van der Waals surface area (Å²) in [5, 5.41) is 17.5. The van der Waals surface area contributed by atoms with Gasteiger partial charge in [0.25, 0.3) is 5.97 Å². The summed E-state index contributed by atoms with van der Waals surface area (Å²) in [4.78, 5) is 32.5. The summed E-state index contributed by atoms with van der Waals surface area (Å²) in [5.41, 5.74) is 0.974. The van der Waals surface area contributed by atoms with E-state index in [1.807, 2.05) is 32.9 Å². The predicted molar refractivity (Wildman–Crippen MR) is 160 cm³/mol. The van der Waals surface area contributed by atoms with Crippen LogP contribution in [0.2, 0.25) is 0 Å². The van der Waals surface area contributed by atoms with E-state index in [0.717, 1.165) is 26.4 Å². The number of aromatic nitrogens is 3. The number of likely N-dealkylation sites (N-methyl/N-ethyl adjacent to an activating group) is 1. The van der Waals surface area contributed by atoms with Crippen LogP contribution in [0.1, 0.15) is 39.9 Å². The number of nitrogens with one attached hydrogen (secondary N) is 2. The van der Waals surface area contributed by atoms with Gasteiger partial charge in [0.05, 0.1) is 18.0 Å². The van der Waals surface area contributed by atoms with E-state index in [4.69, 9.17) is 28.6 Å². The van der Waals surface area contributed by atoms with Crippen LogP contribution in [0.15, 0.2) is 53.3 Å². The number of ether oxygens (including phenoxy) is 3. The standard InChI is InChI=1S/C28H32N6O5.C2H4O2/c1-28(2,3)24-14-25(33-39-24)32-27(35)31-17-7-6-8-18(11-17)38-26-20-12-22(36-5)23(13-21(20)29-16-30-26)37-19-9-10-34(4)15-19;1-2(3)4/h6-8,11-14,16,19H,9-10,15H2,1-5H3,(H2,31,32,33,35);1H3,(H,3,4)/t19-;/m1./s1. The molecule has 0 unspecified atom stereocenters. The number of nitrogens with zero attached hydrogens (tertiary/aromatic N) is 4. The number of likely N-dealkylation sites (tertiary alicyclic amines) is 1. The number of fused-ring (bicyclic) bond motifs is 1. The molecule has 13 heteroatoms. The SMILES string of the molecule is CC(=O)O.COc1cc2c(Oc3cccc(NC(=O)Nc4cc(C(C)(C)C)on4)c3)ncnc2cc1O[C@@H]1CCN(C)C1. The van der Waals surface area contributed by atoms with Crippen molar-refractivity contribution in [3.8, 4) is 23.1 Å². The molecule has 1 aliphatic rings. The Balaban J connectivity index is 0.000000996. The van der Waals surface area contributed by atoms with Crippen molar-refractivity contribution in [2.75, 3.05) is 37.9 Å². The number of methoxy groups -OCH3 is 1. The molecule has 1 aliphatic heterocycles. The highest BCUT2D eigenvalue weighted by Gasteiger charge is 2.23. The number of aliphatic carboxylic acids is 1. The minimum atomic E-state index is -0.833. The minimum Gasteiger partial charge on any atom is -0.493 e. The highest BCUT2D eigenvalue weighted by atomic mass is 16.5. The molecule has 1 saturated heterocycles. The highest BCUT2D eigenvalue weighted by molar-refractivity contribution is 5.99. The summed E-state index contributed by atoms with van der Waals surface area (Å²) >= 11 is 0. The molecule has 0 saturated carbocycles. The van der Waals surface area contributed by atoms with E-state index in [2.05, 4.69) is 37.7 Å². The van der Waals surface area contributed by atoms with Gasteiger partial charge in [0.15, 0.2) is 17.3 Å². The van der Waals surface area contributed by atoms with Gasteiger partial charge >= 0.3 is 6.03 Å². The van der Waals surface area contributed by atoms with Crippen LogP contribution in [0.25, 0.3) is 10.9 Å². The number of urea groups is 1. The molecule has 2 aromatic heterocycles. The van der Waals surface area contributed by atoms with Crippen molar-refractivity contribution in [3.63, 3.8) is 0 Å². The van der Waals surface area contributed by atoms with Gasteiger partial charge in [-0.2, -0.15) is 0 Å². The fourth-order valence-corrected chi connectivity index (χ4v) is 4.26. The number of carboxylic acid groups (broad SMARTS) is 1. The Labute approximate surface area is 249 Å². The van der Waals surface area contributed by atoms with Crippen LogP contribution >= 0.6 is 0 Å². The first kappa shape index (κ1) is 31.0. The smallest absolute Gasteiger partial charge is 0.324 e. The van der Waals surface area contributed by atoms with Gasteiger partial charge in [-0.05, 0) is 31.7 Å². The van der Waals surface area contributed by atoms with Gasteiger partial charge in [0.1, 0.15) is 23.9 Å². The topological polar surface area (TPSA) is 161 Å². The Morgan fingerprint density at radius 1 is 1.09 bits per heavy atom. The van der Waals surface area contributed by atoms with Gasteiger partial charge in [-0.15, -0.1) is 0 Å². The summed E-state index contributed by atoms with van der Waals surface area (Å²) < 4.78 is 23.3. The minimum absolute atomic E-state index is 0.0937. The van der Waals surface area contributed by atoms with Crippen LogP contribution in [-0.2, 0) is 10.2 Å². The average molecular weight is 593 g/mol. The number of amides is 2.